The van der Waals surface area contributed by atoms with E-state index in [1.807, 2.05) is 6.07 Å². The van der Waals surface area contributed by atoms with Gasteiger partial charge in [0.25, 0.3) is 0 Å². The first-order chi connectivity index (χ1) is 9.08. The lowest BCUT2D eigenvalue weighted by molar-refractivity contribution is 0.293. The molecule has 0 aromatic heterocycles. The summed E-state index contributed by atoms with van der Waals surface area (Å²) in [5.74, 6) is 1.10. The van der Waals surface area contributed by atoms with Gasteiger partial charge in [-0.25, -0.2) is 4.39 Å². The summed E-state index contributed by atoms with van der Waals surface area (Å²) in [7, 11) is 0. The Hall–Kier alpha value is -1.16. The number of nitrogens with two attached hydrogens (primary N) is 1. The Bertz CT molecular complexity index is 461. The predicted molar refractivity (Wildman–Crippen MR) is 81.9 cm³/mol. The molecule has 1 aliphatic carbocycles. The number of hydrogen-bond donors (Lipinski definition) is 2. The lowest BCUT2D eigenvalue weighted by Crippen LogP contribution is -2.23. The standard InChI is InChI=1S/C15H21FN2S/c1-10-4-2-5-11(8-10)9-18-13-7-3-6-12(16)14(13)15(17)19/h3,6-7,10-11,18H,2,4-5,8-9H2,1H3,(H2,17,19). The molecule has 2 rings (SSSR count). The molecule has 1 fully saturated rings. The first-order valence-electron chi connectivity index (χ1n) is 6.90. The summed E-state index contributed by atoms with van der Waals surface area (Å²) >= 11 is 4.92. The molecule has 0 aliphatic heterocycles. The van der Waals surface area contributed by atoms with E-state index in [2.05, 4.69) is 12.2 Å². The van der Waals surface area contributed by atoms with E-state index in [4.69, 9.17) is 18.0 Å². The fourth-order valence-electron chi connectivity index (χ4n) is 2.92. The van der Waals surface area contributed by atoms with E-state index in [0.29, 0.717) is 17.2 Å². The van der Waals surface area contributed by atoms with Gasteiger partial charge in [0, 0.05) is 12.2 Å². The number of halogens is 1. The molecule has 1 aromatic rings. The third-order valence-corrected chi connectivity index (χ3v) is 4.09. The summed E-state index contributed by atoms with van der Waals surface area (Å²) in [5, 5.41) is 3.32. The van der Waals surface area contributed by atoms with E-state index >= 15 is 0 Å². The lowest BCUT2D eigenvalue weighted by atomic mass is 9.82. The molecule has 0 heterocycles. The topological polar surface area (TPSA) is 38.0 Å². The summed E-state index contributed by atoms with van der Waals surface area (Å²) in [5.41, 5.74) is 6.65. The van der Waals surface area contributed by atoms with Crippen LogP contribution in [-0.2, 0) is 0 Å². The summed E-state index contributed by atoms with van der Waals surface area (Å²) in [6.45, 7) is 3.16. The van der Waals surface area contributed by atoms with Gasteiger partial charge in [0.1, 0.15) is 10.8 Å². The van der Waals surface area contributed by atoms with Gasteiger partial charge in [0.15, 0.2) is 0 Å². The van der Waals surface area contributed by atoms with Crippen molar-refractivity contribution in [1.29, 1.82) is 0 Å². The minimum Gasteiger partial charge on any atom is -0.389 e. The fourth-order valence-corrected chi connectivity index (χ4v) is 3.13. The summed E-state index contributed by atoms with van der Waals surface area (Å²) in [4.78, 5) is 0.109. The molecule has 0 radical (unpaired) electrons. The molecule has 1 aliphatic rings. The van der Waals surface area contributed by atoms with E-state index < -0.39 is 0 Å². The maximum Gasteiger partial charge on any atom is 0.135 e. The van der Waals surface area contributed by atoms with Crippen molar-refractivity contribution in [3.63, 3.8) is 0 Å². The van der Waals surface area contributed by atoms with Gasteiger partial charge in [-0.1, -0.05) is 38.0 Å². The first kappa shape index (κ1) is 14.3. The van der Waals surface area contributed by atoms with E-state index in [1.54, 1.807) is 6.07 Å². The van der Waals surface area contributed by atoms with Gasteiger partial charge in [-0.3, -0.25) is 0 Å². The molecular weight excluding hydrogens is 259 g/mol. The van der Waals surface area contributed by atoms with Crippen LogP contribution in [0.2, 0.25) is 0 Å². The largest absolute Gasteiger partial charge is 0.389 e. The van der Waals surface area contributed by atoms with Gasteiger partial charge in [-0.15, -0.1) is 0 Å². The summed E-state index contributed by atoms with van der Waals surface area (Å²) in [6, 6.07) is 4.91. The fraction of sp³-hybridized carbons (Fsp3) is 0.533. The smallest absolute Gasteiger partial charge is 0.135 e. The van der Waals surface area contributed by atoms with Crippen LogP contribution in [0.15, 0.2) is 18.2 Å². The van der Waals surface area contributed by atoms with Gasteiger partial charge in [-0.2, -0.15) is 0 Å². The first-order valence-corrected chi connectivity index (χ1v) is 7.31. The van der Waals surface area contributed by atoms with E-state index in [-0.39, 0.29) is 10.8 Å². The number of hydrogen-bond acceptors (Lipinski definition) is 2. The molecule has 3 N–H and O–H groups in total. The maximum absolute atomic E-state index is 13.7. The molecule has 0 amide bonds. The van der Waals surface area contributed by atoms with Crippen molar-refractivity contribution in [1.82, 2.24) is 0 Å². The minimum atomic E-state index is -0.352. The van der Waals surface area contributed by atoms with Crippen molar-refractivity contribution >= 4 is 22.9 Å². The van der Waals surface area contributed by atoms with Crippen molar-refractivity contribution in [3.05, 3.63) is 29.6 Å². The van der Waals surface area contributed by atoms with Gasteiger partial charge in [-0.05, 0) is 36.8 Å². The maximum atomic E-state index is 13.7. The van der Waals surface area contributed by atoms with Crippen LogP contribution in [0.25, 0.3) is 0 Å². The van der Waals surface area contributed by atoms with Crippen molar-refractivity contribution in [2.45, 2.75) is 32.6 Å². The van der Waals surface area contributed by atoms with Crippen molar-refractivity contribution in [2.24, 2.45) is 17.6 Å². The average molecular weight is 280 g/mol. The highest BCUT2D eigenvalue weighted by atomic mass is 32.1. The Morgan fingerprint density at radius 3 is 2.95 bits per heavy atom. The van der Waals surface area contributed by atoms with Gasteiger partial charge >= 0.3 is 0 Å². The molecule has 4 heteroatoms. The Morgan fingerprint density at radius 2 is 2.26 bits per heavy atom. The number of anilines is 1. The van der Waals surface area contributed by atoms with Crippen molar-refractivity contribution in [2.75, 3.05) is 11.9 Å². The third-order valence-electron chi connectivity index (χ3n) is 3.89. The number of rotatable bonds is 4. The highest BCUT2D eigenvalue weighted by Gasteiger charge is 2.19. The van der Waals surface area contributed by atoms with Crippen LogP contribution in [0.1, 0.15) is 38.2 Å². The second-order valence-electron chi connectivity index (χ2n) is 5.55. The van der Waals surface area contributed by atoms with Crippen LogP contribution in [-0.4, -0.2) is 11.5 Å². The Morgan fingerprint density at radius 1 is 1.47 bits per heavy atom. The molecule has 0 spiro atoms. The van der Waals surface area contributed by atoms with Crippen LogP contribution in [0.3, 0.4) is 0 Å². The Balaban J connectivity index is 2.03. The molecule has 2 nitrogen and oxygen atoms in total. The summed E-state index contributed by atoms with van der Waals surface area (Å²) in [6.07, 6.45) is 5.10. The molecule has 2 unspecified atom stereocenters. The van der Waals surface area contributed by atoms with Crippen LogP contribution >= 0.6 is 12.2 Å². The molecule has 1 aromatic carbocycles. The average Bonchev–Trinajstić information content (AvgIpc) is 2.36. The summed E-state index contributed by atoms with van der Waals surface area (Å²) < 4.78 is 13.7. The van der Waals surface area contributed by atoms with E-state index in [9.17, 15) is 4.39 Å². The third kappa shape index (κ3) is 3.66. The molecule has 104 valence electrons. The molecule has 19 heavy (non-hydrogen) atoms. The Labute approximate surface area is 119 Å². The normalized spacial score (nSPS) is 23.1. The lowest BCUT2D eigenvalue weighted by Gasteiger charge is -2.27. The van der Waals surface area contributed by atoms with Gasteiger partial charge < -0.3 is 11.1 Å². The van der Waals surface area contributed by atoms with Crippen LogP contribution in [0.4, 0.5) is 10.1 Å². The molecule has 2 atom stereocenters. The zero-order chi connectivity index (χ0) is 13.8. The second-order valence-corrected chi connectivity index (χ2v) is 5.99. The molecule has 0 saturated heterocycles. The van der Waals surface area contributed by atoms with Crippen LogP contribution < -0.4 is 11.1 Å². The monoisotopic (exact) mass is 280 g/mol. The zero-order valence-corrected chi connectivity index (χ0v) is 12.1. The Kier molecular flexibility index (Phi) is 4.75. The van der Waals surface area contributed by atoms with Gasteiger partial charge in [0.2, 0.25) is 0 Å². The van der Waals surface area contributed by atoms with E-state index in [1.165, 1.54) is 31.7 Å². The van der Waals surface area contributed by atoms with Crippen LogP contribution in [0, 0.1) is 17.7 Å². The second kappa shape index (κ2) is 6.33. The number of benzene rings is 1. The van der Waals surface area contributed by atoms with Crippen molar-refractivity contribution < 1.29 is 4.39 Å². The van der Waals surface area contributed by atoms with Crippen LogP contribution in [0.5, 0.6) is 0 Å². The SMILES string of the molecule is CC1CCCC(CNc2cccc(F)c2C(N)=S)C1. The molecule has 0 bridgehead atoms. The molecular formula is C15H21FN2S. The van der Waals surface area contributed by atoms with Gasteiger partial charge in [0.05, 0.1) is 5.56 Å². The minimum absolute atomic E-state index is 0.109. The number of thiocarbonyl (C=S) groups is 1. The highest BCUT2D eigenvalue weighted by molar-refractivity contribution is 7.80. The highest BCUT2D eigenvalue weighted by Crippen LogP contribution is 2.29. The zero-order valence-electron chi connectivity index (χ0n) is 11.3. The predicted octanol–water partition coefficient (Wildman–Crippen LogP) is 3.70. The quantitative estimate of drug-likeness (QED) is 0.826. The van der Waals surface area contributed by atoms with E-state index in [0.717, 1.165) is 12.5 Å². The molecule has 1 saturated carbocycles. The number of nitrogens with one attached hydrogen (secondary N) is 1. The van der Waals surface area contributed by atoms with Crippen molar-refractivity contribution in [3.8, 4) is 0 Å².